The van der Waals surface area contributed by atoms with Gasteiger partial charge in [-0.15, -0.1) is 10.2 Å². The first-order valence-corrected chi connectivity index (χ1v) is 50.6. The molecule has 6 aliphatic carbocycles. The van der Waals surface area contributed by atoms with Gasteiger partial charge in [-0.1, -0.05) is 105 Å². The quantitative estimate of drug-likeness (QED) is 0.0266. The highest BCUT2D eigenvalue weighted by molar-refractivity contribution is 7.23. The van der Waals surface area contributed by atoms with Gasteiger partial charge >= 0.3 is 11.9 Å². The van der Waals surface area contributed by atoms with E-state index in [2.05, 4.69) is 154 Å². The van der Waals surface area contributed by atoms with Crippen LogP contribution in [-0.2, 0) is 102 Å². The van der Waals surface area contributed by atoms with Crippen molar-refractivity contribution in [1.82, 2.24) is 39.6 Å². The minimum absolute atomic E-state index is 0.0364. The third kappa shape index (κ3) is 24.0. The molecule has 0 bridgehead atoms. The molecule has 748 valence electrons. The smallest absolute Gasteiger partial charge is 0.306 e. The van der Waals surface area contributed by atoms with E-state index in [1.807, 2.05) is 38.2 Å². The summed E-state index contributed by atoms with van der Waals surface area (Å²) >= 11 is 7.35. The van der Waals surface area contributed by atoms with E-state index in [1.54, 1.807) is 77.5 Å². The number of hydrogen-bond donors (Lipinski definition) is 1. The topological polar surface area (TPSA) is 336 Å². The second-order valence-electron chi connectivity index (χ2n) is 40.0. The Morgan fingerprint density at radius 3 is 1.61 bits per heavy atom. The summed E-state index contributed by atoms with van der Waals surface area (Å²) in [4.78, 5) is 77.9. The maximum Gasteiger partial charge on any atom is 0.306 e. The molecule has 0 radical (unpaired) electrons. The molecule has 0 spiro atoms. The van der Waals surface area contributed by atoms with Gasteiger partial charge in [-0.05, 0) is 254 Å². The van der Waals surface area contributed by atoms with Crippen molar-refractivity contribution in [3.05, 3.63) is 116 Å². The average Bonchev–Trinajstić information content (AvgIpc) is 1.59. The number of thiazole rings is 1. The molecule has 7 aliphatic heterocycles. The number of nitrogens with zero attached hydrogens (tertiary/aromatic N) is 9. The number of Topliss-reactive ketones (excluding diaryl/α,β-unsaturated/α-hetero) is 2. The van der Waals surface area contributed by atoms with Gasteiger partial charge in [-0.3, -0.25) is 23.6 Å². The minimum atomic E-state index is -0.708. The summed E-state index contributed by atoms with van der Waals surface area (Å²) in [6, 6.07) is 10.5. The number of carbonyl (C=O) groups is 4. The first kappa shape index (κ1) is 104. The largest absolute Gasteiger partial charge is 0.462 e. The summed E-state index contributed by atoms with van der Waals surface area (Å²) in [6.07, 6.45) is 22.8. The maximum atomic E-state index is 14.7. The van der Waals surface area contributed by atoms with Gasteiger partial charge in [0.2, 0.25) is 4.96 Å². The highest BCUT2D eigenvalue weighted by Crippen LogP contribution is 2.58. The third-order valence-corrected chi connectivity index (χ3v) is 32.6. The molecule has 0 amide bonds. The van der Waals surface area contributed by atoms with Crippen LogP contribution in [-0.4, -0.2) is 288 Å². The second kappa shape index (κ2) is 47.2. The molecule has 1 aromatic carbocycles. The van der Waals surface area contributed by atoms with Crippen molar-refractivity contribution in [3.63, 3.8) is 0 Å². The van der Waals surface area contributed by atoms with Crippen LogP contribution >= 0.6 is 22.9 Å². The van der Waals surface area contributed by atoms with Crippen molar-refractivity contribution >= 4 is 67.6 Å². The first-order valence-electron chi connectivity index (χ1n) is 49.4. The Labute approximate surface area is 805 Å². The van der Waals surface area contributed by atoms with Gasteiger partial charge in [0.25, 0.3) is 5.96 Å². The highest BCUT2D eigenvalue weighted by atomic mass is 35.5. The molecule has 7 saturated heterocycles. The number of ether oxygens (including phenoxy) is 16. The number of methoxy groups -OCH3 is 6. The lowest BCUT2D eigenvalue weighted by Crippen LogP contribution is -2.59. The molecule has 13 aliphatic rings. The summed E-state index contributed by atoms with van der Waals surface area (Å²) < 4.78 is 103. The van der Waals surface area contributed by atoms with Crippen LogP contribution in [0.3, 0.4) is 0 Å². The summed E-state index contributed by atoms with van der Waals surface area (Å²) in [5.41, 5.74) is 6.26. The number of pyridine rings is 1. The van der Waals surface area contributed by atoms with E-state index in [-0.39, 0.29) is 200 Å². The Kier molecular flexibility index (Phi) is 36.4. The SMILES string of the molecule is CC[C@H]1CCC[C@H](O[C@H]2CC[C@H](N(C)C)[C@@H](C)O2)[C@@H](C)C(=O)C2=C[C@@H]3[C@@H](C=C(C)[C@@H]4C[C@@H](O[C@@H]5O[C@@H](C)[C@H](OC)[C@@H](OC)[C@H]5OC)C[C@@H]34)[C@@H]2CC(=O)O1.CC[C@H]1CCC[C@H](O[C@H]2CC[C@H](N(C)C)[C@@H](C)O2)[C@@H](C)C(=O)C2=C[C@@H]3[C@@H](C=C[C@@H]4C[C@@H](O[C@@H]5O[C@@H](C)[C@H](OC)[C@@H](OC)[C@H]5OC)C[C@@H]34)[C@@H]2CC(=O)O1.Cc1cccc2sc3nncn3c12.O=[N+]([O-])/N=C1\NCCN1Cc1ccc(Cl)nc1. The Hall–Kier alpha value is -6.71. The Morgan fingerprint density at radius 1 is 0.585 bits per heavy atom. The van der Waals surface area contributed by atoms with Crippen molar-refractivity contribution in [2.75, 3.05) is 83.9 Å². The molecule has 2 saturated carbocycles. The molecule has 17 rings (SSSR count). The Bertz CT molecular complexity index is 4780. The average molecular weight is 1920 g/mol. The van der Waals surface area contributed by atoms with Gasteiger partial charge in [0.05, 0.1) is 71.9 Å². The minimum Gasteiger partial charge on any atom is -0.462 e. The van der Waals surface area contributed by atoms with Crippen molar-refractivity contribution in [1.29, 1.82) is 0 Å². The van der Waals surface area contributed by atoms with Gasteiger partial charge in [0.15, 0.2) is 41.8 Å². The monoisotopic (exact) mass is 1920 g/mol. The molecule has 34 atom stereocenters. The summed E-state index contributed by atoms with van der Waals surface area (Å²) in [5, 5.41) is 24.1. The maximum absolute atomic E-state index is 14.7. The molecule has 3 aromatic heterocycles. The van der Waals surface area contributed by atoms with Gasteiger partial charge in [-0.25, -0.2) is 15.1 Å². The van der Waals surface area contributed by atoms with E-state index in [0.717, 1.165) is 112 Å². The fourth-order valence-electron chi connectivity index (χ4n) is 24.3. The lowest BCUT2D eigenvalue weighted by atomic mass is 9.67. The number of carbonyl (C=O) groups excluding carboxylic acids is 4. The molecule has 34 heteroatoms. The summed E-state index contributed by atoms with van der Waals surface area (Å²) in [5.74, 6) is 0.312. The number of allylic oxidation sites excluding steroid dienone is 8. The van der Waals surface area contributed by atoms with Gasteiger partial charge in [-0.2, -0.15) is 0 Å². The number of benzene rings is 1. The molecule has 4 aromatic rings. The summed E-state index contributed by atoms with van der Waals surface area (Å²) in [6.45, 7) is 22.5. The van der Waals surface area contributed by atoms with Crippen LogP contribution in [0.2, 0.25) is 5.15 Å². The van der Waals surface area contributed by atoms with E-state index in [1.165, 1.54) is 21.4 Å². The predicted molar refractivity (Wildman–Crippen MR) is 508 cm³/mol. The molecular formula is C101H149ClN10O22S. The molecule has 9 fully saturated rings. The zero-order valence-electron chi connectivity index (χ0n) is 82.7. The van der Waals surface area contributed by atoms with Crippen LogP contribution in [0, 0.1) is 88.1 Å². The van der Waals surface area contributed by atoms with E-state index in [0.29, 0.717) is 61.5 Å². The molecule has 32 nitrogen and oxygen atoms in total. The van der Waals surface area contributed by atoms with Crippen LogP contribution in [0.4, 0.5) is 0 Å². The summed E-state index contributed by atoms with van der Waals surface area (Å²) in [7, 11) is 18.3. The molecule has 0 unspecified atom stereocenters. The number of aromatic nitrogens is 4. The number of guanidine groups is 1. The second-order valence-corrected chi connectivity index (χ2v) is 41.4. The van der Waals surface area contributed by atoms with Gasteiger partial charge < -0.3 is 95.8 Å². The van der Waals surface area contributed by atoms with Crippen LogP contribution < -0.4 is 5.32 Å². The lowest BCUT2D eigenvalue weighted by Gasteiger charge is -2.44. The number of aryl methyl sites for hydroxylation is 1. The van der Waals surface area contributed by atoms with Crippen LogP contribution in [0.15, 0.2) is 95.1 Å². The fourth-order valence-corrected chi connectivity index (χ4v) is 25.5. The lowest BCUT2D eigenvalue weighted by molar-refractivity contribution is -0.485. The van der Waals surface area contributed by atoms with E-state index >= 15 is 0 Å². The molecule has 10 heterocycles. The number of hydrogen-bond acceptors (Lipinski definition) is 28. The number of likely N-dealkylation sites (N-methyl/N-ethyl adjacent to an activating group) is 2. The number of halogens is 1. The highest BCUT2D eigenvalue weighted by Gasteiger charge is 2.57. The van der Waals surface area contributed by atoms with Crippen molar-refractivity contribution in [2.24, 2.45) is 76.1 Å². The number of fused-ring (bicyclic) bond motifs is 13. The number of para-hydroxylation sites is 1. The first-order chi connectivity index (χ1) is 64.9. The number of esters is 2. The zero-order valence-corrected chi connectivity index (χ0v) is 84.3. The number of ketones is 2. The van der Waals surface area contributed by atoms with Crippen LogP contribution in [0.25, 0.3) is 15.2 Å². The normalized spacial score (nSPS) is 38.7. The molecule has 1 N–H and O–H groups in total. The fraction of sp³-hybridized carbons (Fsp3) is 0.743. The standard InChI is InChI=1S/C42H67NO10.C41H65NO10.C9H10ClN5O2.C9H7N3S/c1-11-26-13-12-14-35(53-37-16-15-34(43(6)7)24(4)49-37)23(3)38(45)33-20-31-29(32(33)21-36(44)51-26)17-22(2)28-18-27(19-30(28)31)52-42-41(48-10)40(47-9)39(46-8)25(5)50-42;1-10-26-12-11-13-34(52-36-17-16-33(42(5)6)23(3)48-36)22(2)37(44)32-20-30-28(31(32)21-35(43)50-26)15-14-25-18-27(19-29(25)30)51-41-40(47-9)39(46-8)38(45-7)24(4)49-41;10-8-2-1-7(5-12-8)6-14-4-3-11-9(14)13-15(16)17;1-6-3-2-4-7-8(6)12-5-10-11-9(12)13-7/h17,20,23-32,34-35,37,39-42H,11-16,18-19,21H2,1-10H3;14-15,20,22-31,33-34,36,38-41H,10-13,16-19,21H2,1-9H3;1-2,5H,3-4,6H2,(H,11,13);2-5H,1H3/t23-,24-,25+,26+,27-,28+,29-,30-,31-,32+,34+,35+,37+,39+,40-,41-,42+;22-,23-,24+,25-,26+,27-,28-,29-,30-,31+,33+,34+,36+,38+,39-,40-,41+;;/m11../s1. The number of cyclic esters (lactones) is 2. The molecule has 135 heavy (non-hydrogen) atoms. The number of rotatable bonds is 21. The van der Waals surface area contributed by atoms with Crippen molar-refractivity contribution in [3.8, 4) is 0 Å². The number of hydrazone groups is 1. The van der Waals surface area contributed by atoms with E-state index in [9.17, 15) is 29.3 Å². The number of nitrogens with one attached hydrogen (secondary N) is 1. The van der Waals surface area contributed by atoms with Gasteiger partial charge in [0.1, 0.15) is 65.4 Å². The molecular weight excluding hydrogens is 1770 g/mol. The third-order valence-electron chi connectivity index (χ3n) is 31.4. The predicted octanol–water partition coefficient (Wildman–Crippen LogP) is 14.3. The van der Waals surface area contributed by atoms with Crippen molar-refractivity contribution in [2.45, 2.75) is 326 Å². The zero-order chi connectivity index (χ0) is 96.5. The Balaban J connectivity index is 0.000000165. The number of nitro groups is 1. The van der Waals surface area contributed by atoms with E-state index in [4.69, 9.17) is 87.4 Å². The van der Waals surface area contributed by atoms with Crippen LogP contribution in [0.5, 0.6) is 0 Å². The van der Waals surface area contributed by atoms with Crippen LogP contribution in [0.1, 0.15) is 189 Å². The van der Waals surface area contributed by atoms with E-state index < -0.39 is 29.8 Å². The van der Waals surface area contributed by atoms with Gasteiger partial charge in [0, 0.05) is 104 Å². The van der Waals surface area contributed by atoms with Crippen molar-refractivity contribution < 1.29 is 100 Å². The Morgan fingerprint density at radius 2 is 1.11 bits per heavy atom.